The number of nitrogens with zero attached hydrogens (tertiary/aromatic N) is 6. The highest BCUT2D eigenvalue weighted by atomic mass is 16.5. The summed E-state index contributed by atoms with van der Waals surface area (Å²) >= 11 is 0. The number of ether oxygens (including phenoxy) is 1. The van der Waals surface area contributed by atoms with E-state index in [1.807, 2.05) is 49.3 Å². The fraction of sp³-hybridized carbons (Fsp3) is 0.296. The molecule has 5 aromatic rings. The third-order valence-electron chi connectivity index (χ3n) is 6.86. The molecule has 11 nitrogen and oxygen atoms in total. The summed E-state index contributed by atoms with van der Waals surface area (Å²) < 4.78 is 9.32. The molecule has 0 radical (unpaired) electrons. The quantitative estimate of drug-likeness (QED) is 0.366. The Hall–Kier alpha value is -4.67. The number of imidazole rings is 1. The van der Waals surface area contributed by atoms with Crippen LogP contribution in [-0.2, 0) is 18.8 Å². The molecule has 3 N–H and O–H groups in total. The molecular formula is C27H30N8O3. The van der Waals surface area contributed by atoms with Crippen LogP contribution < -0.4 is 16.7 Å². The van der Waals surface area contributed by atoms with Gasteiger partial charge >= 0.3 is 11.8 Å². The molecule has 4 aromatic heterocycles. The molecular weight excluding hydrogens is 484 g/mol. The smallest absolute Gasteiger partial charge is 0.404 e. The van der Waals surface area contributed by atoms with E-state index in [0.717, 1.165) is 45.9 Å². The number of aryl methyl sites for hydroxylation is 2. The second kappa shape index (κ2) is 10.4. The predicted molar refractivity (Wildman–Crippen MR) is 146 cm³/mol. The lowest BCUT2D eigenvalue weighted by Gasteiger charge is -2.12. The number of nitrogens with two attached hydrogens (primary N) is 1. The van der Waals surface area contributed by atoms with E-state index >= 15 is 0 Å². The van der Waals surface area contributed by atoms with Crippen molar-refractivity contribution in [2.75, 3.05) is 12.4 Å². The highest BCUT2D eigenvalue weighted by Crippen LogP contribution is 2.32. The predicted octanol–water partition coefficient (Wildman–Crippen LogP) is 4.25. The van der Waals surface area contributed by atoms with Crippen LogP contribution in [0.25, 0.3) is 33.1 Å². The minimum atomic E-state index is -0.745. The van der Waals surface area contributed by atoms with E-state index in [1.165, 1.54) is 20.0 Å². The zero-order valence-corrected chi connectivity index (χ0v) is 21.6. The number of nitrogens with one attached hydrogen (secondary N) is 1. The fourth-order valence-corrected chi connectivity index (χ4v) is 4.98. The summed E-state index contributed by atoms with van der Waals surface area (Å²) in [5, 5.41) is 8.71. The molecule has 1 saturated carbocycles. The second-order valence-electron chi connectivity index (χ2n) is 9.33. The molecule has 0 saturated heterocycles. The number of aromatic nitrogens is 6. The van der Waals surface area contributed by atoms with E-state index in [-0.39, 0.29) is 11.7 Å². The van der Waals surface area contributed by atoms with E-state index in [1.54, 1.807) is 15.4 Å². The number of anilines is 2. The summed E-state index contributed by atoms with van der Waals surface area (Å²) in [5.41, 5.74) is 9.19. The van der Waals surface area contributed by atoms with Gasteiger partial charge in [0, 0.05) is 48.9 Å². The third-order valence-corrected chi connectivity index (χ3v) is 6.86. The summed E-state index contributed by atoms with van der Waals surface area (Å²) in [7, 11) is 4.95. The molecule has 0 bridgehead atoms. The molecule has 0 atom stereocenters. The van der Waals surface area contributed by atoms with Crippen LogP contribution >= 0.6 is 0 Å². The van der Waals surface area contributed by atoms with Crippen LogP contribution in [0.4, 0.5) is 16.4 Å². The van der Waals surface area contributed by atoms with Crippen molar-refractivity contribution < 1.29 is 9.53 Å². The minimum Gasteiger partial charge on any atom is -0.453 e. The van der Waals surface area contributed by atoms with E-state index in [2.05, 4.69) is 44.1 Å². The van der Waals surface area contributed by atoms with E-state index in [0.29, 0.717) is 11.6 Å². The number of primary amides is 1. The first kappa shape index (κ1) is 25.0. The Morgan fingerprint density at radius 2 is 1.84 bits per heavy atom. The largest absolute Gasteiger partial charge is 0.453 e. The van der Waals surface area contributed by atoms with E-state index < -0.39 is 6.09 Å². The van der Waals surface area contributed by atoms with Crippen molar-refractivity contribution in [2.45, 2.75) is 31.7 Å². The SMILES string of the molecule is COC(N)=O.Cn1cc(-c2cccc3ccc(Nc4cc5c(cn4)n(C)c(=O)n5C4CCCC4)nc23)cn1. The van der Waals surface area contributed by atoms with Gasteiger partial charge in [0.05, 0.1) is 36.1 Å². The van der Waals surface area contributed by atoms with Crippen LogP contribution in [0.5, 0.6) is 0 Å². The van der Waals surface area contributed by atoms with Crippen LogP contribution in [-0.4, -0.2) is 42.1 Å². The van der Waals surface area contributed by atoms with Crippen molar-refractivity contribution in [1.82, 2.24) is 28.9 Å². The van der Waals surface area contributed by atoms with Gasteiger partial charge in [0.2, 0.25) is 0 Å². The number of amides is 1. The molecule has 1 fully saturated rings. The second-order valence-corrected chi connectivity index (χ2v) is 9.33. The zero-order chi connectivity index (χ0) is 26.8. The average molecular weight is 515 g/mol. The van der Waals surface area contributed by atoms with Gasteiger partial charge in [-0.3, -0.25) is 13.8 Å². The van der Waals surface area contributed by atoms with Crippen molar-refractivity contribution in [3.8, 4) is 11.1 Å². The van der Waals surface area contributed by atoms with Crippen LogP contribution in [0.2, 0.25) is 0 Å². The molecule has 1 aliphatic rings. The molecule has 1 aliphatic carbocycles. The Morgan fingerprint density at radius 1 is 1.08 bits per heavy atom. The van der Waals surface area contributed by atoms with Crippen LogP contribution in [0.15, 0.2) is 59.8 Å². The fourth-order valence-electron chi connectivity index (χ4n) is 4.98. The molecule has 1 amide bonds. The summed E-state index contributed by atoms with van der Waals surface area (Å²) in [5.74, 6) is 1.38. The first-order chi connectivity index (χ1) is 18.4. The molecule has 0 aliphatic heterocycles. The molecule has 1 aromatic carbocycles. The average Bonchev–Trinajstić information content (AvgIpc) is 3.65. The van der Waals surface area contributed by atoms with Crippen molar-refractivity contribution >= 4 is 39.7 Å². The molecule has 6 rings (SSSR count). The number of hydrogen-bond acceptors (Lipinski definition) is 7. The van der Waals surface area contributed by atoms with Gasteiger partial charge in [0.25, 0.3) is 0 Å². The first-order valence-corrected chi connectivity index (χ1v) is 12.4. The number of hydrogen-bond donors (Lipinski definition) is 2. The van der Waals surface area contributed by atoms with Crippen LogP contribution in [0.3, 0.4) is 0 Å². The monoisotopic (exact) mass is 514 g/mol. The number of para-hydroxylation sites is 1. The summed E-state index contributed by atoms with van der Waals surface area (Å²) in [4.78, 5) is 31.8. The lowest BCUT2D eigenvalue weighted by molar-refractivity contribution is 0.182. The van der Waals surface area contributed by atoms with Gasteiger partial charge in [0.15, 0.2) is 0 Å². The van der Waals surface area contributed by atoms with E-state index in [9.17, 15) is 9.59 Å². The number of benzene rings is 1. The lowest BCUT2D eigenvalue weighted by atomic mass is 10.1. The van der Waals surface area contributed by atoms with Crippen molar-refractivity contribution in [2.24, 2.45) is 19.8 Å². The van der Waals surface area contributed by atoms with Crippen LogP contribution in [0, 0.1) is 0 Å². The van der Waals surface area contributed by atoms with Gasteiger partial charge < -0.3 is 15.8 Å². The summed E-state index contributed by atoms with van der Waals surface area (Å²) in [6.45, 7) is 0. The number of methoxy groups -OCH3 is 1. The maximum Gasteiger partial charge on any atom is 0.404 e. The zero-order valence-electron chi connectivity index (χ0n) is 21.6. The highest BCUT2D eigenvalue weighted by Gasteiger charge is 2.23. The number of carbonyl (C=O) groups is 1. The van der Waals surface area contributed by atoms with Gasteiger partial charge in [-0.25, -0.2) is 19.6 Å². The standard InChI is InChI=1S/C25H25N7O.C2H5NO2/c1-30-15-17(13-27-30)19-9-5-6-16-10-11-22(29-24(16)19)28-23-12-20-21(14-26-23)31(2)25(33)32(20)18-7-3-4-8-18;1-5-2(3)4/h5-6,9-15,18H,3-4,7-8H2,1-2H3,(H,26,28,29);1H3,(H2,3,4). The first-order valence-electron chi connectivity index (χ1n) is 12.4. The summed E-state index contributed by atoms with van der Waals surface area (Å²) in [6, 6.07) is 12.4. The number of rotatable bonds is 4. The van der Waals surface area contributed by atoms with Gasteiger partial charge in [0.1, 0.15) is 11.6 Å². The van der Waals surface area contributed by atoms with Crippen molar-refractivity contribution in [1.29, 1.82) is 0 Å². The maximum atomic E-state index is 12.9. The van der Waals surface area contributed by atoms with Gasteiger partial charge in [-0.1, -0.05) is 31.0 Å². The number of pyridine rings is 2. The van der Waals surface area contributed by atoms with Gasteiger partial charge in [-0.2, -0.15) is 5.10 Å². The molecule has 4 heterocycles. The normalized spacial score (nSPS) is 13.4. The molecule has 38 heavy (non-hydrogen) atoms. The number of fused-ring (bicyclic) bond motifs is 2. The van der Waals surface area contributed by atoms with Crippen LogP contribution in [0.1, 0.15) is 31.7 Å². The van der Waals surface area contributed by atoms with Gasteiger partial charge in [-0.15, -0.1) is 0 Å². The molecule has 11 heteroatoms. The van der Waals surface area contributed by atoms with Crippen molar-refractivity contribution in [3.05, 3.63) is 65.5 Å². The van der Waals surface area contributed by atoms with Crippen molar-refractivity contribution in [3.63, 3.8) is 0 Å². The molecule has 196 valence electrons. The Kier molecular flexibility index (Phi) is 6.82. The Morgan fingerprint density at radius 3 is 2.53 bits per heavy atom. The maximum absolute atomic E-state index is 12.9. The topological polar surface area (TPSA) is 135 Å². The Labute approximate surface area is 218 Å². The number of carbonyl (C=O) groups excluding carboxylic acids is 1. The van der Waals surface area contributed by atoms with E-state index in [4.69, 9.17) is 4.98 Å². The van der Waals surface area contributed by atoms with Gasteiger partial charge in [-0.05, 0) is 25.0 Å². The third kappa shape index (κ3) is 4.82. The minimum absolute atomic E-state index is 0.0285. The lowest BCUT2D eigenvalue weighted by Crippen LogP contribution is -2.24. The molecule has 0 spiro atoms. The Balaban J connectivity index is 0.000000540. The molecule has 0 unspecified atom stereocenters. The highest BCUT2D eigenvalue weighted by molar-refractivity contribution is 5.94. The Bertz CT molecular complexity index is 1680. The summed E-state index contributed by atoms with van der Waals surface area (Å²) in [6.07, 6.45) is 9.31.